The molecule has 0 aliphatic heterocycles. The summed E-state index contributed by atoms with van der Waals surface area (Å²) in [5, 5.41) is 8.95. The van der Waals surface area contributed by atoms with E-state index in [9.17, 15) is 9.59 Å². The van der Waals surface area contributed by atoms with Crippen molar-refractivity contribution in [3.05, 3.63) is 28.2 Å². The highest BCUT2D eigenvalue weighted by atomic mass is 79.9. The number of ether oxygens (including phenoxy) is 1. The van der Waals surface area contributed by atoms with E-state index in [0.717, 1.165) is 12.8 Å². The second-order valence-corrected chi connectivity index (χ2v) is 4.56. The van der Waals surface area contributed by atoms with Gasteiger partial charge in [0.05, 0.1) is 5.92 Å². The number of hydrogen-bond acceptors (Lipinski definition) is 3. The minimum absolute atomic E-state index is 0.0108. The molecule has 1 aromatic rings. The van der Waals surface area contributed by atoms with Crippen molar-refractivity contribution in [1.29, 1.82) is 0 Å². The van der Waals surface area contributed by atoms with Crippen LogP contribution in [0, 0.1) is 5.92 Å². The summed E-state index contributed by atoms with van der Waals surface area (Å²) in [5.74, 6) is -1.40. The van der Waals surface area contributed by atoms with E-state index in [-0.39, 0.29) is 23.2 Å². The fourth-order valence-corrected chi connectivity index (χ4v) is 1.63. The number of aromatic carboxylic acids is 1. The fraction of sp³-hybridized carbons (Fsp3) is 0.273. The van der Waals surface area contributed by atoms with Crippen molar-refractivity contribution in [2.75, 3.05) is 0 Å². The Morgan fingerprint density at radius 3 is 2.62 bits per heavy atom. The van der Waals surface area contributed by atoms with E-state index in [1.54, 1.807) is 6.07 Å². The number of carbonyl (C=O) groups is 2. The topological polar surface area (TPSA) is 63.6 Å². The lowest BCUT2D eigenvalue weighted by Gasteiger charge is -2.06. The highest BCUT2D eigenvalue weighted by Gasteiger charge is 2.32. The fourth-order valence-electron chi connectivity index (χ4n) is 1.27. The third-order valence-corrected chi connectivity index (χ3v) is 2.79. The van der Waals surface area contributed by atoms with E-state index in [4.69, 9.17) is 9.84 Å². The zero-order valence-corrected chi connectivity index (χ0v) is 9.86. The van der Waals surface area contributed by atoms with Gasteiger partial charge in [-0.1, -0.05) is 15.9 Å². The molecule has 0 amide bonds. The number of carboxylic acids is 1. The Kier molecular flexibility index (Phi) is 2.96. The van der Waals surface area contributed by atoms with Crippen molar-refractivity contribution < 1.29 is 19.4 Å². The van der Waals surface area contributed by atoms with Crippen LogP contribution in [-0.2, 0) is 4.79 Å². The van der Waals surface area contributed by atoms with Gasteiger partial charge in [0.15, 0.2) is 0 Å². The standard InChI is InChI=1S/C11H9BrO4/c12-7-3-4-9(8(5-7)10(13)14)16-11(15)6-1-2-6/h3-6H,1-2H2,(H,13,14). The van der Waals surface area contributed by atoms with Crippen LogP contribution in [0.3, 0.4) is 0 Å². The van der Waals surface area contributed by atoms with Gasteiger partial charge in [-0.15, -0.1) is 0 Å². The Labute approximate surface area is 100 Å². The largest absolute Gasteiger partial charge is 0.478 e. The number of rotatable bonds is 3. The van der Waals surface area contributed by atoms with Crippen molar-refractivity contribution in [3.8, 4) is 5.75 Å². The quantitative estimate of drug-likeness (QED) is 0.684. The van der Waals surface area contributed by atoms with Crippen LogP contribution in [0.4, 0.5) is 0 Å². The molecule has 0 spiro atoms. The van der Waals surface area contributed by atoms with Crippen LogP contribution >= 0.6 is 15.9 Å². The summed E-state index contributed by atoms with van der Waals surface area (Å²) in [7, 11) is 0. The van der Waals surface area contributed by atoms with Crippen molar-refractivity contribution in [2.45, 2.75) is 12.8 Å². The molecule has 0 radical (unpaired) electrons. The van der Waals surface area contributed by atoms with Crippen molar-refractivity contribution >= 4 is 27.9 Å². The molecule has 1 aliphatic carbocycles. The highest BCUT2D eigenvalue weighted by Crippen LogP contribution is 2.32. The van der Waals surface area contributed by atoms with Gasteiger partial charge in [0, 0.05) is 4.47 Å². The van der Waals surface area contributed by atoms with Gasteiger partial charge in [-0.3, -0.25) is 4.79 Å². The smallest absolute Gasteiger partial charge is 0.339 e. The second-order valence-electron chi connectivity index (χ2n) is 3.64. The summed E-state index contributed by atoms with van der Waals surface area (Å²) in [6, 6.07) is 4.54. The highest BCUT2D eigenvalue weighted by molar-refractivity contribution is 9.10. The molecule has 0 unspecified atom stereocenters. The first kappa shape index (κ1) is 11.1. The maximum Gasteiger partial charge on any atom is 0.339 e. The van der Waals surface area contributed by atoms with Crippen LogP contribution in [0.5, 0.6) is 5.75 Å². The number of hydrogen-bond donors (Lipinski definition) is 1. The molecular weight excluding hydrogens is 276 g/mol. The SMILES string of the molecule is O=C(O)c1cc(Br)ccc1OC(=O)C1CC1. The zero-order valence-electron chi connectivity index (χ0n) is 8.27. The van der Waals surface area contributed by atoms with Crippen LogP contribution in [0.25, 0.3) is 0 Å². The molecule has 5 heteroatoms. The molecule has 0 saturated heterocycles. The molecule has 1 fully saturated rings. The summed E-state index contributed by atoms with van der Waals surface area (Å²) < 4.78 is 5.68. The second kappa shape index (κ2) is 4.25. The molecular formula is C11H9BrO4. The molecule has 0 aromatic heterocycles. The lowest BCUT2D eigenvalue weighted by atomic mass is 10.2. The molecule has 2 rings (SSSR count). The van der Waals surface area contributed by atoms with Gasteiger partial charge >= 0.3 is 11.9 Å². The van der Waals surface area contributed by atoms with Crippen molar-refractivity contribution in [3.63, 3.8) is 0 Å². The molecule has 0 atom stereocenters. The first-order valence-electron chi connectivity index (χ1n) is 4.82. The van der Waals surface area contributed by atoms with E-state index < -0.39 is 5.97 Å². The normalized spacial score (nSPS) is 14.6. The van der Waals surface area contributed by atoms with Crippen LogP contribution in [0.2, 0.25) is 0 Å². The number of halogens is 1. The Hall–Kier alpha value is -1.36. The summed E-state index contributed by atoms with van der Waals surface area (Å²) >= 11 is 3.17. The number of carbonyl (C=O) groups excluding carboxylic acids is 1. The predicted molar refractivity (Wildman–Crippen MR) is 59.5 cm³/mol. The molecule has 1 aromatic carbocycles. The number of esters is 1. The summed E-state index contributed by atoms with van der Waals surface area (Å²) in [6.07, 6.45) is 1.66. The average molecular weight is 285 g/mol. The first-order valence-corrected chi connectivity index (χ1v) is 5.62. The third kappa shape index (κ3) is 2.41. The van der Waals surface area contributed by atoms with Crippen LogP contribution in [0.1, 0.15) is 23.2 Å². The van der Waals surface area contributed by atoms with Gasteiger partial charge < -0.3 is 9.84 Å². The van der Waals surface area contributed by atoms with E-state index in [1.165, 1.54) is 12.1 Å². The maximum atomic E-state index is 11.4. The van der Waals surface area contributed by atoms with Crippen LogP contribution in [0.15, 0.2) is 22.7 Å². The Morgan fingerprint density at radius 2 is 2.06 bits per heavy atom. The van der Waals surface area contributed by atoms with Gasteiger partial charge in [-0.2, -0.15) is 0 Å². The molecule has 4 nitrogen and oxygen atoms in total. The molecule has 16 heavy (non-hydrogen) atoms. The van der Waals surface area contributed by atoms with Gasteiger partial charge in [0.25, 0.3) is 0 Å². The van der Waals surface area contributed by atoms with Gasteiger partial charge in [-0.25, -0.2) is 4.79 Å². The van der Waals surface area contributed by atoms with E-state index >= 15 is 0 Å². The Morgan fingerprint density at radius 1 is 1.38 bits per heavy atom. The Bertz CT molecular complexity index is 451. The average Bonchev–Trinajstić information content (AvgIpc) is 3.03. The van der Waals surface area contributed by atoms with Crippen LogP contribution in [-0.4, -0.2) is 17.0 Å². The maximum absolute atomic E-state index is 11.4. The van der Waals surface area contributed by atoms with Crippen molar-refractivity contribution in [1.82, 2.24) is 0 Å². The molecule has 0 bridgehead atoms. The molecule has 1 N–H and O–H groups in total. The molecule has 0 heterocycles. The molecule has 84 valence electrons. The number of benzene rings is 1. The van der Waals surface area contributed by atoms with Crippen molar-refractivity contribution in [2.24, 2.45) is 5.92 Å². The first-order chi connectivity index (χ1) is 7.58. The van der Waals surface area contributed by atoms with Gasteiger partial charge in [0.1, 0.15) is 11.3 Å². The third-order valence-electron chi connectivity index (χ3n) is 2.29. The Balaban J connectivity index is 2.24. The zero-order chi connectivity index (χ0) is 11.7. The van der Waals surface area contributed by atoms with Gasteiger partial charge in [-0.05, 0) is 31.0 Å². The predicted octanol–water partition coefficient (Wildman–Crippen LogP) is 2.46. The molecule has 1 aliphatic rings. The minimum atomic E-state index is -1.11. The lowest BCUT2D eigenvalue weighted by molar-refractivity contribution is -0.135. The van der Waals surface area contributed by atoms with Crippen LogP contribution < -0.4 is 4.74 Å². The summed E-state index contributed by atoms with van der Waals surface area (Å²) in [4.78, 5) is 22.3. The van der Waals surface area contributed by atoms with E-state index in [1.807, 2.05) is 0 Å². The van der Waals surface area contributed by atoms with E-state index in [0.29, 0.717) is 4.47 Å². The lowest BCUT2D eigenvalue weighted by Crippen LogP contribution is -2.12. The minimum Gasteiger partial charge on any atom is -0.478 e. The molecule has 1 saturated carbocycles. The summed E-state index contributed by atoms with van der Waals surface area (Å²) in [5.41, 5.74) is -0.0108. The monoisotopic (exact) mass is 284 g/mol. The van der Waals surface area contributed by atoms with Gasteiger partial charge in [0.2, 0.25) is 0 Å². The van der Waals surface area contributed by atoms with E-state index in [2.05, 4.69) is 15.9 Å². The summed E-state index contributed by atoms with van der Waals surface area (Å²) in [6.45, 7) is 0. The number of carboxylic acid groups (broad SMARTS) is 1.